The lowest BCUT2D eigenvalue weighted by Crippen LogP contribution is -2.47. The molecule has 4 rings (SSSR count). The fourth-order valence-electron chi connectivity index (χ4n) is 3.15. The van der Waals surface area contributed by atoms with E-state index in [1.54, 1.807) is 0 Å². The molecule has 0 radical (unpaired) electrons. The van der Waals surface area contributed by atoms with E-state index in [0.29, 0.717) is 24.7 Å². The van der Waals surface area contributed by atoms with Gasteiger partial charge in [-0.2, -0.15) is 0 Å². The molecule has 0 bridgehead atoms. The summed E-state index contributed by atoms with van der Waals surface area (Å²) in [5, 5.41) is 4.57. The first kappa shape index (κ1) is 16.1. The third kappa shape index (κ3) is 3.38. The van der Waals surface area contributed by atoms with Crippen molar-refractivity contribution >= 4 is 28.4 Å². The molecule has 1 N–H and O–H groups in total. The van der Waals surface area contributed by atoms with E-state index in [2.05, 4.69) is 22.1 Å². The first-order valence-corrected chi connectivity index (χ1v) is 8.61. The number of fused-ring (bicyclic) bond motifs is 1. The van der Waals surface area contributed by atoms with Gasteiger partial charge in [-0.05, 0) is 42.8 Å². The largest absolute Gasteiger partial charge is 0.458 e. The van der Waals surface area contributed by atoms with Crippen LogP contribution in [0.25, 0.3) is 22.4 Å². The molecule has 0 saturated carbocycles. The number of carbonyl (C=O) groups is 1. The van der Waals surface area contributed by atoms with Crippen molar-refractivity contribution in [3.05, 3.63) is 52.7 Å². The monoisotopic (exact) mass is 355 g/mol. The van der Waals surface area contributed by atoms with Crippen LogP contribution in [-0.2, 0) is 11.3 Å². The molecule has 1 aliphatic rings. The molecule has 1 saturated heterocycles. The van der Waals surface area contributed by atoms with Crippen LogP contribution in [0.15, 0.2) is 40.8 Å². The van der Waals surface area contributed by atoms with Crippen LogP contribution >= 0.6 is 11.6 Å². The maximum absolute atomic E-state index is 11.5. The third-order valence-electron chi connectivity index (χ3n) is 4.39. The zero-order valence-electron chi connectivity index (χ0n) is 13.9. The summed E-state index contributed by atoms with van der Waals surface area (Å²) in [4.78, 5) is 18.2. The second-order valence-corrected chi connectivity index (χ2v) is 6.75. The van der Waals surface area contributed by atoms with E-state index in [9.17, 15) is 4.79 Å². The number of aryl methyl sites for hydroxylation is 1. The minimum atomic E-state index is 0.0572. The summed E-state index contributed by atoms with van der Waals surface area (Å²) in [6.07, 6.45) is 0. The van der Waals surface area contributed by atoms with Gasteiger partial charge in [-0.3, -0.25) is 9.69 Å². The Morgan fingerprint density at radius 2 is 2.16 bits per heavy atom. The number of hydrogen-bond donors (Lipinski definition) is 1. The minimum absolute atomic E-state index is 0.0572. The van der Waals surface area contributed by atoms with E-state index >= 15 is 0 Å². The molecule has 0 unspecified atom stereocenters. The van der Waals surface area contributed by atoms with E-state index in [1.165, 1.54) is 0 Å². The van der Waals surface area contributed by atoms with Gasteiger partial charge in [0.1, 0.15) is 11.5 Å². The van der Waals surface area contributed by atoms with Crippen LogP contribution in [0.3, 0.4) is 0 Å². The van der Waals surface area contributed by atoms with Crippen molar-refractivity contribution in [1.82, 2.24) is 15.2 Å². The first-order valence-electron chi connectivity index (χ1n) is 8.23. The Bertz CT molecular complexity index is 951. The number of carbonyl (C=O) groups excluding carboxylic acids is 1. The molecule has 3 heterocycles. The van der Waals surface area contributed by atoms with Crippen LogP contribution in [0.4, 0.5) is 0 Å². The molecule has 1 fully saturated rings. The van der Waals surface area contributed by atoms with Crippen LogP contribution in [0.2, 0.25) is 5.02 Å². The molecule has 0 aliphatic carbocycles. The van der Waals surface area contributed by atoms with E-state index in [1.807, 2.05) is 36.4 Å². The lowest BCUT2D eigenvalue weighted by atomic mass is 10.1. The standard InChI is InChI=1S/C19H18ClN3O2/c1-12-8-17(22-16-9-13(20)2-4-15(12)16)18-5-3-14(25-18)10-23-7-6-21-19(24)11-23/h2-5,8-9H,6-7,10-11H2,1H3,(H,21,24). The van der Waals surface area contributed by atoms with Crippen LogP contribution < -0.4 is 5.32 Å². The second kappa shape index (κ2) is 6.50. The van der Waals surface area contributed by atoms with Gasteiger partial charge in [-0.1, -0.05) is 17.7 Å². The van der Waals surface area contributed by atoms with Gasteiger partial charge in [0.15, 0.2) is 5.76 Å². The molecule has 128 valence electrons. The van der Waals surface area contributed by atoms with Crippen molar-refractivity contribution in [3.63, 3.8) is 0 Å². The van der Waals surface area contributed by atoms with Crippen molar-refractivity contribution in [1.29, 1.82) is 0 Å². The normalized spacial score (nSPS) is 15.5. The van der Waals surface area contributed by atoms with Crippen molar-refractivity contribution in [2.45, 2.75) is 13.5 Å². The van der Waals surface area contributed by atoms with E-state index in [-0.39, 0.29) is 5.91 Å². The van der Waals surface area contributed by atoms with E-state index < -0.39 is 0 Å². The Labute approximate surface area is 150 Å². The Hall–Kier alpha value is -2.37. The Morgan fingerprint density at radius 3 is 3.00 bits per heavy atom. The Morgan fingerprint density at radius 1 is 1.28 bits per heavy atom. The van der Waals surface area contributed by atoms with Gasteiger partial charge in [0.2, 0.25) is 5.91 Å². The molecular formula is C19H18ClN3O2. The van der Waals surface area contributed by atoms with Gasteiger partial charge in [0.05, 0.1) is 18.6 Å². The molecule has 5 nitrogen and oxygen atoms in total. The predicted molar refractivity (Wildman–Crippen MR) is 97.5 cm³/mol. The number of rotatable bonds is 3. The molecule has 1 aromatic carbocycles. The highest BCUT2D eigenvalue weighted by atomic mass is 35.5. The number of furan rings is 1. The van der Waals surface area contributed by atoms with Crippen molar-refractivity contribution in [2.75, 3.05) is 19.6 Å². The number of benzene rings is 1. The zero-order valence-corrected chi connectivity index (χ0v) is 14.6. The van der Waals surface area contributed by atoms with Crippen LogP contribution in [0.1, 0.15) is 11.3 Å². The molecule has 0 atom stereocenters. The third-order valence-corrected chi connectivity index (χ3v) is 4.62. The van der Waals surface area contributed by atoms with Crippen molar-refractivity contribution in [3.8, 4) is 11.5 Å². The van der Waals surface area contributed by atoms with Crippen LogP contribution in [0, 0.1) is 6.92 Å². The van der Waals surface area contributed by atoms with Crippen molar-refractivity contribution in [2.24, 2.45) is 0 Å². The number of piperazine rings is 1. The predicted octanol–water partition coefficient (Wildman–Crippen LogP) is 3.39. The summed E-state index contributed by atoms with van der Waals surface area (Å²) in [7, 11) is 0. The second-order valence-electron chi connectivity index (χ2n) is 6.31. The van der Waals surface area contributed by atoms with Gasteiger partial charge < -0.3 is 9.73 Å². The number of aromatic nitrogens is 1. The first-order chi connectivity index (χ1) is 12.1. The number of halogens is 1. The number of nitrogens with zero attached hydrogens (tertiary/aromatic N) is 2. The summed E-state index contributed by atoms with van der Waals surface area (Å²) in [6.45, 7) is 4.58. The number of nitrogens with one attached hydrogen (secondary N) is 1. The number of pyridine rings is 1. The van der Waals surface area contributed by atoms with Gasteiger partial charge in [-0.15, -0.1) is 0 Å². The lowest BCUT2D eigenvalue weighted by Gasteiger charge is -2.25. The maximum atomic E-state index is 11.5. The van der Waals surface area contributed by atoms with Gasteiger partial charge in [0.25, 0.3) is 0 Å². The SMILES string of the molecule is Cc1cc(-c2ccc(CN3CCNC(=O)C3)o2)nc2cc(Cl)ccc12. The number of amides is 1. The fraction of sp³-hybridized carbons (Fsp3) is 0.263. The molecule has 1 amide bonds. The molecule has 6 heteroatoms. The maximum Gasteiger partial charge on any atom is 0.234 e. The molecule has 25 heavy (non-hydrogen) atoms. The highest BCUT2D eigenvalue weighted by Gasteiger charge is 2.18. The molecule has 1 aliphatic heterocycles. The quantitative estimate of drug-likeness (QED) is 0.782. The molecule has 0 spiro atoms. The summed E-state index contributed by atoms with van der Waals surface area (Å²) in [6, 6.07) is 11.6. The highest BCUT2D eigenvalue weighted by Crippen LogP contribution is 2.27. The average molecular weight is 356 g/mol. The lowest BCUT2D eigenvalue weighted by molar-refractivity contribution is -0.124. The average Bonchev–Trinajstić information content (AvgIpc) is 3.03. The van der Waals surface area contributed by atoms with Gasteiger partial charge in [0, 0.05) is 23.5 Å². The van der Waals surface area contributed by atoms with E-state index in [4.69, 9.17) is 16.0 Å². The Balaban J connectivity index is 1.61. The summed E-state index contributed by atoms with van der Waals surface area (Å²) < 4.78 is 5.97. The summed E-state index contributed by atoms with van der Waals surface area (Å²) >= 11 is 6.09. The van der Waals surface area contributed by atoms with Gasteiger partial charge in [-0.25, -0.2) is 4.98 Å². The van der Waals surface area contributed by atoms with E-state index in [0.717, 1.165) is 40.2 Å². The van der Waals surface area contributed by atoms with Crippen LogP contribution in [-0.4, -0.2) is 35.4 Å². The minimum Gasteiger partial charge on any atom is -0.458 e. The Kier molecular flexibility index (Phi) is 4.19. The topological polar surface area (TPSA) is 58.4 Å². The highest BCUT2D eigenvalue weighted by molar-refractivity contribution is 6.31. The van der Waals surface area contributed by atoms with Crippen LogP contribution in [0.5, 0.6) is 0 Å². The number of hydrogen-bond acceptors (Lipinski definition) is 4. The van der Waals surface area contributed by atoms with Crippen molar-refractivity contribution < 1.29 is 9.21 Å². The zero-order chi connectivity index (χ0) is 17.4. The fourth-order valence-corrected chi connectivity index (χ4v) is 3.32. The summed E-state index contributed by atoms with van der Waals surface area (Å²) in [5.74, 6) is 1.61. The molecular weight excluding hydrogens is 338 g/mol. The summed E-state index contributed by atoms with van der Waals surface area (Å²) in [5.41, 5.74) is 2.77. The van der Waals surface area contributed by atoms with Gasteiger partial charge >= 0.3 is 0 Å². The smallest absolute Gasteiger partial charge is 0.234 e. The molecule has 3 aromatic rings. The molecule has 2 aromatic heterocycles.